The zero-order chi connectivity index (χ0) is 15.2. The molecule has 20 heavy (non-hydrogen) atoms. The molecule has 0 radical (unpaired) electrons. The molecule has 0 saturated carbocycles. The van der Waals surface area contributed by atoms with Gasteiger partial charge in [0.15, 0.2) is 0 Å². The summed E-state index contributed by atoms with van der Waals surface area (Å²) in [6.07, 6.45) is 17.7. The first kappa shape index (κ1) is 19.5. The molecule has 0 aromatic carbocycles. The molecule has 0 aliphatic rings. The van der Waals surface area contributed by atoms with Gasteiger partial charge in [-0.2, -0.15) is 0 Å². The van der Waals surface area contributed by atoms with Gasteiger partial charge in [0.05, 0.1) is 0 Å². The van der Waals surface area contributed by atoms with Crippen molar-refractivity contribution in [2.24, 2.45) is 11.8 Å². The fourth-order valence-electron chi connectivity index (χ4n) is 3.10. The van der Waals surface area contributed by atoms with Crippen LogP contribution in [0.3, 0.4) is 0 Å². The number of unbranched alkanes of at least 4 members (excludes halogenated alkanes) is 2. The van der Waals surface area contributed by atoms with Gasteiger partial charge in [0.1, 0.15) is 0 Å². The summed E-state index contributed by atoms with van der Waals surface area (Å²) in [5.74, 6) is 1.71. The van der Waals surface area contributed by atoms with Crippen molar-refractivity contribution in [2.45, 2.75) is 91.9 Å². The molecule has 0 rings (SSSR count). The second-order valence-electron chi connectivity index (χ2n) is 6.27. The molecule has 118 valence electrons. The second kappa shape index (κ2) is 13.5. The third-order valence-electron chi connectivity index (χ3n) is 4.56. The van der Waals surface area contributed by atoms with Crippen molar-refractivity contribution in [3.05, 3.63) is 24.3 Å². The van der Waals surface area contributed by atoms with Crippen LogP contribution < -0.4 is 0 Å². The molecule has 0 saturated heterocycles. The summed E-state index contributed by atoms with van der Waals surface area (Å²) in [5.41, 5.74) is 1.66. The molecule has 0 bridgehead atoms. The summed E-state index contributed by atoms with van der Waals surface area (Å²) >= 11 is 0. The van der Waals surface area contributed by atoms with Crippen LogP contribution in [0.15, 0.2) is 24.3 Å². The molecular formula is C20H38. The van der Waals surface area contributed by atoms with Gasteiger partial charge in [-0.3, -0.25) is 0 Å². The summed E-state index contributed by atoms with van der Waals surface area (Å²) in [7, 11) is 0. The van der Waals surface area contributed by atoms with E-state index in [-0.39, 0.29) is 0 Å². The van der Waals surface area contributed by atoms with E-state index < -0.39 is 0 Å². The van der Waals surface area contributed by atoms with Crippen molar-refractivity contribution < 1.29 is 0 Å². The lowest BCUT2D eigenvalue weighted by atomic mass is 9.83. The highest BCUT2D eigenvalue weighted by Gasteiger charge is 2.15. The standard InChI is InChI=1S/C20H38/c1-6-10-11-15-18(5)20(14-8-3)17-12-16-19(9-4)13-7-2/h8,13,18,20H,3,6-7,9-12,14-17H2,1-2,4-5H3. The maximum atomic E-state index is 3.96. The summed E-state index contributed by atoms with van der Waals surface area (Å²) < 4.78 is 0. The molecule has 0 aliphatic carbocycles. The van der Waals surface area contributed by atoms with Crippen LogP contribution in [0.2, 0.25) is 0 Å². The zero-order valence-corrected chi connectivity index (χ0v) is 14.6. The van der Waals surface area contributed by atoms with E-state index in [2.05, 4.69) is 46.4 Å². The van der Waals surface area contributed by atoms with Gasteiger partial charge in [0.2, 0.25) is 0 Å². The fourth-order valence-corrected chi connectivity index (χ4v) is 3.10. The Morgan fingerprint density at radius 3 is 2.35 bits per heavy atom. The SMILES string of the molecule is C=CCC(CCCC(=CCC)CC)C(C)CCCCC. The molecule has 0 aromatic rings. The number of allylic oxidation sites excluding steroid dienone is 3. The Hall–Kier alpha value is -0.520. The first-order valence-electron chi connectivity index (χ1n) is 8.98. The van der Waals surface area contributed by atoms with Crippen LogP contribution in [0.4, 0.5) is 0 Å². The molecule has 2 atom stereocenters. The minimum absolute atomic E-state index is 0.851. The molecule has 0 heterocycles. The van der Waals surface area contributed by atoms with Crippen LogP contribution in [-0.2, 0) is 0 Å². The van der Waals surface area contributed by atoms with E-state index in [0.29, 0.717) is 0 Å². The molecule has 0 spiro atoms. The van der Waals surface area contributed by atoms with E-state index in [1.54, 1.807) is 5.57 Å². The van der Waals surface area contributed by atoms with Crippen molar-refractivity contribution in [2.75, 3.05) is 0 Å². The lowest BCUT2D eigenvalue weighted by Gasteiger charge is -2.23. The third-order valence-corrected chi connectivity index (χ3v) is 4.56. The smallest absolute Gasteiger partial charge is 0.0320 e. The van der Waals surface area contributed by atoms with E-state index in [1.807, 2.05) is 0 Å². The highest BCUT2D eigenvalue weighted by molar-refractivity contribution is 5.00. The van der Waals surface area contributed by atoms with Gasteiger partial charge in [-0.05, 0) is 50.4 Å². The molecule has 0 nitrogen and oxygen atoms in total. The lowest BCUT2D eigenvalue weighted by Crippen LogP contribution is -2.11. The molecule has 0 N–H and O–H groups in total. The predicted octanol–water partition coefficient (Wildman–Crippen LogP) is 7.31. The highest BCUT2D eigenvalue weighted by Crippen LogP contribution is 2.28. The van der Waals surface area contributed by atoms with Gasteiger partial charge in [-0.15, -0.1) is 6.58 Å². The van der Waals surface area contributed by atoms with Gasteiger partial charge < -0.3 is 0 Å². The Labute approximate surface area is 128 Å². The van der Waals surface area contributed by atoms with E-state index in [9.17, 15) is 0 Å². The topological polar surface area (TPSA) is 0 Å². The monoisotopic (exact) mass is 278 g/mol. The molecule has 0 aromatic heterocycles. The summed E-state index contributed by atoms with van der Waals surface area (Å²) in [6.45, 7) is 13.2. The summed E-state index contributed by atoms with van der Waals surface area (Å²) in [6, 6.07) is 0. The molecule has 2 unspecified atom stereocenters. The largest absolute Gasteiger partial charge is 0.103 e. The summed E-state index contributed by atoms with van der Waals surface area (Å²) in [5, 5.41) is 0. The minimum Gasteiger partial charge on any atom is -0.103 e. The van der Waals surface area contributed by atoms with Crippen LogP contribution in [0.25, 0.3) is 0 Å². The van der Waals surface area contributed by atoms with Crippen molar-refractivity contribution in [1.82, 2.24) is 0 Å². The molecule has 0 heteroatoms. The first-order chi connectivity index (χ1) is 9.69. The van der Waals surface area contributed by atoms with Crippen molar-refractivity contribution >= 4 is 0 Å². The van der Waals surface area contributed by atoms with Gasteiger partial charge in [-0.25, -0.2) is 0 Å². The normalized spacial score (nSPS) is 15.1. The van der Waals surface area contributed by atoms with E-state index >= 15 is 0 Å². The Morgan fingerprint density at radius 2 is 1.80 bits per heavy atom. The molecule has 0 aliphatic heterocycles. The van der Waals surface area contributed by atoms with E-state index in [1.165, 1.54) is 64.2 Å². The van der Waals surface area contributed by atoms with Crippen LogP contribution in [0, 0.1) is 11.8 Å². The average Bonchev–Trinajstić information content (AvgIpc) is 2.45. The van der Waals surface area contributed by atoms with Gasteiger partial charge >= 0.3 is 0 Å². The highest BCUT2D eigenvalue weighted by atomic mass is 14.2. The summed E-state index contributed by atoms with van der Waals surface area (Å²) in [4.78, 5) is 0. The Balaban J connectivity index is 4.12. The predicted molar refractivity (Wildman–Crippen MR) is 94.1 cm³/mol. The zero-order valence-electron chi connectivity index (χ0n) is 14.6. The van der Waals surface area contributed by atoms with E-state index in [0.717, 1.165) is 11.8 Å². The third kappa shape index (κ3) is 9.39. The number of hydrogen-bond donors (Lipinski definition) is 0. The van der Waals surface area contributed by atoms with Crippen LogP contribution in [0.5, 0.6) is 0 Å². The maximum Gasteiger partial charge on any atom is -0.0320 e. The van der Waals surface area contributed by atoms with Crippen LogP contribution >= 0.6 is 0 Å². The second-order valence-corrected chi connectivity index (χ2v) is 6.27. The maximum absolute atomic E-state index is 3.96. The molecule has 0 fully saturated rings. The molecular weight excluding hydrogens is 240 g/mol. The Kier molecular flexibility index (Phi) is 13.1. The minimum atomic E-state index is 0.851. The fraction of sp³-hybridized carbons (Fsp3) is 0.800. The van der Waals surface area contributed by atoms with Crippen molar-refractivity contribution in [3.8, 4) is 0 Å². The Morgan fingerprint density at radius 1 is 1.05 bits per heavy atom. The number of hydrogen-bond acceptors (Lipinski definition) is 0. The Bertz CT molecular complexity index is 249. The quantitative estimate of drug-likeness (QED) is 0.245. The number of rotatable bonds is 13. The van der Waals surface area contributed by atoms with Gasteiger partial charge in [0, 0.05) is 0 Å². The van der Waals surface area contributed by atoms with Crippen molar-refractivity contribution in [3.63, 3.8) is 0 Å². The van der Waals surface area contributed by atoms with Gasteiger partial charge in [0.25, 0.3) is 0 Å². The average molecular weight is 279 g/mol. The molecule has 0 amide bonds. The van der Waals surface area contributed by atoms with E-state index in [4.69, 9.17) is 0 Å². The van der Waals surface area contributed by atoms with Crippen LogP contribution in [-0.4, -0.2) is 0 Å². The first-order valence-corrected chi connectivity index (χ1v) is 8.98. The van der Waals surface area contributed by atoms with Crippen LogP contribution in [0.1, 0.15) is 91.9 Å². The lowest BCUT2D eigenvalue weighted by molar-refractivity contribution is 0.305. The van der Waals surface area contributed by atoms with Gasteiger partial charge in [-0.1, -0.05) is 71.1 Å². The van der Waals surface area contributed by atoms with Crippen molar-refractivity contribution in [1.29, 1.82) is 0 Å².